The predicted molar refractivity (Wildman–Crippen MR) is 94.2 cm³/mol. The van der Waals surface area contributed by atoms with E-state index in [-0.39, 0.29) is 0 Å². The van der Waals surface area contributed by atoms with E-state index in [4.69, 9.17) is 0 Å². The standard InChI is InChI=1S/C21H22/c1-5-19(21-13-8-17(3)9-14-21)15-10-18(4)20-11-6-16(2)7-12-20/h5-15H,1H2,2-4H3/b18-10+,19-15+. The van der Waals surface area contributed by atoms with E-state index in [1.54, 1.807) is 0 Å². The van der Waals surface area contributed by atoms with Gasteiger partial charge in [0.25, 0.3) is 0 Å². The van der Waals surface area contributed by atoms with Crippen molar-refractivity contribution < 1.29 is 0 Å². The van der Waals surface area contributed by atoms with Crippen LogP contribution in [-0.4, -0.2) is 0 Å². The minimum atomic E-state index is 1.14. The van der Waals surface area contributed by atoms with Crippen LogP contribution in [0.4, 0.5) is 0 Å². The number of hydrogen-bond acceptors (Lipinski definition) is 0. The van der Waals surface area contributed by atoms with Gasteiger partial charge in [-0.1, -0.05) is 84.5 Å². The summed E-state index contributed by atoms with van der Waals surface area (Å²) in [6.45, 7) is 10.3. The molecule has 0 spiro atoms. The highest BCUT2D eigenvalue weighted by molar-refractivity contribution is 5.77. The smallest absolute Gasteiger partial charge is 0.0184 e. The van der Waals surface area contributed by atoms with Gasteiger partial charge in [-0.2, -0.15) is 0 Å². The first-order valence-electron chi connectivity index (χ1n) is 7.25. The maximum absolute atomic E-state index is 3.92. The predicted octanol–water partition coefficient (Wildman–Crippen LogP) is 5.98. The lowest BCUT2D eigenvalue weighted by atomic mass is 10.0. The van der Waals surface area contributed by atoms with Crippen molar-refractivity contribution in [2.45, 2.75) is 20.8 Å². The largest absolute Gasteiger partial charge is 0.0984 e. The average molecular weight is 274 g/mol. The van der Waals surface area contributed by atoms with Crippen LogP contribution in [0.15, 0.2) is 73.3 Å². The van der Waals surface area contributed by atoms with Crippen molar-refractivity contribution in [2.24, 2.45) is 0 Å². The van der Waals surface area contributed by atoms with E-state index in [1.807, 2.05) is 6.08 Å². The number of benzene rings is 2. The summed E-state index contributed by atoms with van der Waals surface area (Å²) in [4.78, 5) is 0. The van der Waals surface area contributed by atoms with Crippen molar-refractivity contribution in [3.8, 4) is 0 Å². The Balaban J connectivity index is 2.27. The van der Waals surface area contributed by atoms with Crippen LogP contribution in [0.2, 0.25) is 0 Å². The maximum Gasteiger partial charge on any atom is -0.0184 e. The fourth-order valence-corrected chi connectivity index (χ4v) is 2.16. The summed E-state index contributed by atoms with van der Waals surface area (Å²) < 4.78 is 0. The van der Waals surface area contributed by atoms with Crippen LogP contribution in [0.5, 0.6) is 0 Å². The Labute approximate surface area is 128 Å². The van der Waals surface area contributed by atoms with Crippen molar-refractivity contribution >= 4 is 11.1 Å². The fraction of sp³-hybridized carbons (Fsp3) is 0.143. The topological polar surface area (TPSA) is 0 Å². The molecule has 2 aromatic rings. The van der Waals surface area contributed by atoms with Crippen LogP contribution in [0.25, 0.3) is 11.1 Å². The first-order chi connectivity index (χ1) is 10.1. The van der Waals surface area contributed by atoms with Gasteiger partial charge in [-0.3, -0.25) is 0 Å². The molecule has 2 aromatic carbocycles. The highest BCUT2D eigenvalue weighted by Gasteiger charge is 1.97. The Bertz CT molecular complexity index is 665. The summed E-state index contributed by atoms with van der Waals surface area (Å²) in [6, 6.07) is 17.1. The molecule has 0 saturated heterocycles. The highest BCUT2D eigenvalue weighted by Crippen LogP contribution is 2.19. The summed E-state index contributed by atoms with van der Waals surface area (Å²) in [5.74, 6) is 0. The van der Waals surface area contributed by atoms with E-state index in [9.17, 15) is 0 Å². The van der Waals surface area contributed by atoms with Gasteiger partial charge in [-0.05, 0) is 43.0 Å². The second kappa shape index (κ2) is 6.90. The molecule has 0 atom stereocenters. The van der Waals surface area contributed by atoms with Gasteiger partial charge in [0.15, 0.2) is 0 Å². The zero-order valence-electron chi connectivity index (χ0n) is 13.1. The zero-order valence-corrected chi connectivity index (χ0v) is 13.1. The van der Waals surface area contributed by atoms with Gasteiger partial charge in [0, 0.05) is 0 Å². The van der Waals surface area contributed by atoms with Crippen molar-refractivity contribution in [2.75, 3.05) is 0 Å². The summed E-state index contributed by atoms with van der Waals surface area (Å²) >= 11 is 0. The normalized spacial score (nSPS) is 12.3. The molecule has 106 valence electrons. The second-order valence-electron chi connectivity index (χ2n) is 5.41. The molecule has 0 heterocycles. The van der Waals surface area contributed by atoms with Crippen LogP contribution >= 0.6 is 0 Å². The van der Waals surface area contributed by atoms with E-state index in [0.717, 1.165) is 5.57 Å². The summed E-state index contributed by atoms with van der Waals surface area (Å²) in [5.41, 5.74) is 7.40. The quantitative estimate of drug-likeness (QED) is 0.602. The first kappa shape index (κ1) is 15.1. The van der Waals surface area contributed by atoms with Crippen molar-refractivity contribution in [3.63, 3.8) is 0 Å². The molecule has 21 heavy (non-hydrogen) atoms. The molecule has 0 radical (unpaired) electrons. The summed E-state index contributed by atoms with van der Waals surface area (Å²) in [7, 11) is 0. The van der Waals surface area contributed by atoms with Gasteiger partial charge in [0.2, 0.25) is 0 Å². The number of hydrogen-bond donors (Lipinski definition) is 0. The number of allylic oxidation sites excluding steroid dienone is 5. The van der Waals surface area contributed by atoms with Gasteiger partial charge in [-0.25, -0.2) is 0 Å². The second-order valence-corrected chi connectivity index (χ2v) is 5.41. The fourth-order valence-electron chi connectivity index (χ4n) is 2.16. The average Bonchev–Trinajstić information content (AvgIpc) is 2.50. The molecule has 0 amide bonds. The molecule has 0 unspecified atom stereocenters. The Kier molecular flexibility index (Phi) is 4.94. The molecule has 0 aliphatic carbocycles. The van der Waals surface area contributed by atoms with Crippen LogP contribution in [0.1, 0.15) is 29.2 Å². The third kappa shape index (κ3) is 4.06. The molecule has 0 aliphatic rings. The van der Waals surface area contributed by atoms with E-state index in [2.05, 4.69) is 88.0 Å². The molecular weight excluding hydrogens is 252 g/mol. The van der Waals surface area contributed by atoms with Crippen LogP contribution in [0, 0.1) is 13.8 Å². The van der Waals surface area contributed by atoms with Crippen LogP contribution in [0.3, 0.4) is 0 Å². The molecular formula is C21H22. The summed E-state index contributed by atoms with van der Waals surface area (Å²) in [5, 5.41) is 0. The van der Waals surface area contributed by atoms with Gasteiger partial charge in [0.1, 0.15) is 0 Å². The summed E-state index contributed by atoms with van der Waals surface area (Å²) in [6.07, 6.45) is 6.19. The SMILES string of the molecule is C=C/C(=C\C=C(/C)c1ccc(C)cc1)c1ccc(C)cc1. The van der Waals surface area contributed by atoms with Gasteiger partial charge in [0.05, 0.1) is 0 Å². The van der Waals surface area contributed by atoms with E-state index in [1.165, 1.54) is 27.8 Å². The third-order valence-corrected chi connectivity index (χ3v) is 3.62. The molecule has 0 bridgehead atoms. The molecule has 0 nitrogen and oxygen atoms in total. The van der Waals surface area contributed by atoms with Gasteiger partial charge in [-0.15, -0.1) is 0 Å². The van der Waals surface area contributed by atoms with Crippen LogP contribution in [-0.2, 0) is 0 Å². The lowest BCUT2D eigenvalue weighted by Crippen LogP contribution is -1.82. The van der Waals surface area contributed by atoms with Crippen LogP contribution < -0.4 is 0 Å². The molecule has 0 heteroatoms. The minimum Gasteiger partial charge on any atom is -0.0984 e. The Hall–Kier alpha value is -2.34. The molecule has 0 aromatic heterocycles. The molecule has 0 fully saturated rings. The maximum atomic E-state index is 3.92. The molecule has 0 saturated carbocycles. The third-order valence-electron chi connectivity index (χ3n) is 3.62. The Morgan fingerprint density at radius 1 is 0.762 bits per heavy atom. The van der Waals surface area contributed by atoms with Gasteiger partial charge < -0.3 is 0 Å². The number of aryl methyl sites for hydroxylation is 2. The van der Waals surface area contributed by atoms with Crippen molar-refractivity contribution in [3.05, 3.63) is 95.6 Å². The Morgan fingerprint density at radius 3 is 1.71 bits per heavy atom. The van der Waals surface area contributed by atoms with E-state index < -0.39 is 0 Å². The van der Waals surface area contributed by atoms with Gasteiger partial charge >= 0.3 is 0 Å². The highest BCUT2D eigenvalue weighted by atomic mass is 14.0. The monoisotopic (exact) mass is 274 g/mol. The lowest BCUT2D eigenvalue weighted by molar-refractivity contribution is 1.44. The zero-order chi connectivity index (χ0) is 15.2. The van der Waals surface area contributed by atoms with E-state index >= 15 is 0 Å². The van der Waals surface area contributed by atoms with Crippen molar-refractivity contribution in [1.82, 2.24) is 0 Å². The molecule has 0 N–H and O–H groups in total. The van der Waals surface area contributed by atoms with E-state index in [0.29, 0.717) is 0 Å². The Morgan fingerprint density at radius 2 is 1.24 bits per heavy atom. The van der Waals surface area contributed by atoms with Crippen molar-refractivity contribution in [1.29, 1.82) is 0 Å². The first-order valence-corrected chi connectivity index (χ1v) is 7.25. The lowest BCUT2D eigenvalue weighted by Gasteiger charge is -2.04. The number of rotatable bonds is 4. The molecule has 0 aliphatic heterocycles. The minimum absolute atomic E-state index is 1.14. The molecule has 2 rings (SSSR count).